The van der Waals surface area contributed by atoms with Gasteiger partial charge in [-0.2, -0.15) is 4.31 Å². The molecule has 0 unspecified atom stereocenters. The molecule has 0 aromatic heterocycles. The van der Waals surface area contributed by atoms with E-state index in [1.807, 2.05) is 0 Å². The zero-order valence-corrected chi connectivity index (χ0v) is 16.9. The van der Waals surface area contributed by atoms with Gasteiger partial charge in [-0.3, -0.25) is 4.79 Å². The lowest BCUT2D eigenvalue weighted by Gasteiger charge is -2.32. The summed E-state index contributed by atoms with van der Waals surface area (Å²) < 4.78 is 39.8. The van der Waals surface area contributed by atoms with Crippen molar-refractivity contribution in [3.8, 4) is 11.5 Å². The first-order chi connectivity index (χ1) is 13.6. The van der Waals surface area contributed by atoms with Gasteiger partial charge in [-0.15, -0.1) is 0 Å². The van der Waals surface area contributed by atoms with Crippen LogP contribution in [0, 0.1) is 5.92 Å². The SMILES string of the molecule is O=C1NCCCCCCN(S(=O)(=O)c2ccc3c(c2)OCCO3)[C@H]2CCC[C@@H]12. The summed E-state index contributed by atoms with van der Waals surface area (Å²) in [4.78, 5) is 12.9. The van der Waals surface area contributed by atoms with E-state index in [0.717, 1.165) is 44.9 Å². The maximum atomic E-state index is 13.6. The Labute approximate surface area is 166 Å². The molecule has 1 N–H and O–H groups in total. The molecular formula is C20H28N2O5S. The molecule has 2 heterocycles. The number of rotatable bonds is 2. The van der Waals surface area contributed by atoms with Crippen LogP contribution < -0.4 is 14.8 Å². The van der Waals surface area contributed by atoms with E-state index in [1.165, 1.54) is 0 Å². The summed E-state index contributed by atoms with van der Waals surface area (Å²) in [6.45, 7) is 2.00. The maximum Gasteiger partial charge on any atom is 0.243 e. The zero-order chi connectivity index (χ0) is 19.6. The highest BCUT2D eigenvalue weighted by atomic mass is 32.2. The van der Waals surface area contributed by atoms with Gasteiger partial charge < -0.3 is 14.8 Å². The van der Waals surface area contributed by atoms with Crippen molar-refractivity contribution >= 4 is 15.9 Å². The van der Waals surface area contributed by atoms with Crippen molar-refractivity contribution in [1.29, 1.82) is 0 Å². The van der Waals surface area contributed by atoms with Crippen LogP contribution in [-0.2, 0) is 14.8 Å². The number of nitrogens with one attached hydrogen (secondary N) is 1. The van der Waals surface area contributed by atoms with E-state index < -0.39 is 10.0 Å². The van der Waals surface area contributed by atoms with Gasteiger partial charge in [0, 0.05) is 25.2 Å². The number of carbonyl (C=O) groups excluding carboxylic acids is 1. The standard InChI is InChI=1S/C20H28N2O5S/c23-20-16-6-5-7-17(16)22(11-4-2-1-3-10-21-20)28(24,25)15-8-9-18-19(14-15)27-13-12-26-18/h8-9,14,16-17H,1-7,10-13H2,(H,21,23)/t16-,17+/m1/s1. The van der Waals surface area contributed by atoms with Crippen molar-refractivity contribution in [2.45, 2.75) is 55.9 Å². The largest absolute Gasteiger partial charge is 0.486 e. The van der Waals surface area contributed by atoms with Gasteiger partial charge in [0.05, 0.1) is 10.8 Å². The zero-order valence-electron chi connectivity index (χ0n) is 16.1. The van der Waals surface area contributed by atoms with E-state index in [-0.39, 0.29) is 22.8 Å². The van der Waals surface area contributed by atoms with Crippen LogP contribution in [0.2, 0.25) is 0 Å². The van der Waals surface area contributed by atoms with Crippen LogP contribution in [0.5, 0.6) is 11.5 Å². The molecular weight excluding hydrogens is 380 g/mol. The van der Waals surface area contributed by atoms with E-state index in [1.54, 1.807) is 22.5 Å². The Kier molecular flexibility index (Phi) is 5.78. The summed E-state index contributed by atoms with van der Waals surface area (Å²) >= 11 is 0. The van der Waals surface area contributed by atoms with Gasteiger partial charge in [0.15, 0.2) is 11.5 Å². The number of benzene rings is 1. The summed E-state index contributed by atoms with van der Waals surface area (Å²) in [7, 11) is -3.73. The first-order valence-electron chi connectivity index (χ1n) is 10.3. The van der Waals surface area contributed by atoms with Gasteiger partial charge in [-0.1, -0.05) is 19.3 Å². The van der Waals surface area contributed by atoms with E-state index in [0.29, 0.717) is 37.8 Å². The average molecular weight is 409 g/mol. The Morgan fingerprint density at radius 2 is 1.75 bits per heavy atom. The predicted octanol–water partition coefficient (Wildman–Crippen LogP) is 2.31. The molecule has 2 atom stereocenters. The number of amides is 1. The van der Waals surface area contributed by atoms with Gasteiger partial charge in [-0.25, -0.2) is 8.42 Å². The molecule has 4 rings (SSSR count). The minimum absolute atomic E-state index is 0.00762. The number of carbonyl (C=O) groups is 1. The first-order valence-corrected chi connectivity index (χ1v) is 11.7. The van der Waals surface area contributed by atoms with Crippen molar-refractivity contribution in [3.05, 3.63) is 18.2 Å². The van der Waals surface area contributed by atoms with E-state index in [4.69, 9.17) is 9.47 Å². The molecule has 1 saturated heterocycles. The van der Waals surface area contributed by atoms with Crippen molar-refractivity contribution in [2.24, 2.45) is 5.92 Å². The van der Waals surface area contributed by atoms with Crippen LogP contribution in [0.25, 0.3) is 0 Å². The third-order valence-corrected chi connectivity index (χ3v) is 7.83. The first kappa shape index (κ1) is 19.5. The molecule has 8 heteroatoms. The smallest absolute Gasteiger partial charge is 0.243 e. The molecule has 1 saturated carbocycles. The third kappa shape index (κ3) is 3.85. The number of hydrogen-bond donors (Lipinski definition) is 1. The molecule has 0 spiro atoms. The second kappa shape index (κ2) is 8.29. The van der Waals surface area contributed by atoms with Crippen molar-refractivity contribution < 1.29 is 22.7 Å². The van der Waals surface area contributed by atoms with Gasteiger partial charge in [0.25, 0.3) is 0 Å². The molecule has 7 nitrogen and oxygen atoms in total. The van der Waals surface area contributed by atoms with Crippen LogP contribution in [0.15, 0.2) is 23.1 Å². The molecule has 28 heavy (non-hydrogen) atoms. The number of hydrogen-bond acceptors (Lipinski definition) is 5. The van der Waals surface area contributed by atoms with Crippen LogP contribution >= 0.6 is 0 Å². The Balaban J connectivity index is 1.67. The molecule has 2 fully saturated rings. The molecule has 1 aromatic rings. The molecule has 0 radical (unpaired) electrons. The van der Waals surface area contributed by atoms with Crippen molar-refractivity contribution in [3.63, 3.8) is 0 Å². The highest BCUT2D eigenvalue weighted by Gasteiger charge is 2.42. The Bertz CT molecular complexity index is 826. The monoisotopic (exact) mass is 408 g/mol. The van der Waals surface area contributed by atoms with Crippen molar-refractivity contribution in [1.82, 2.24) is 9.62 Å². The third-order valence-electron chi connectivity index (χ3n) is 5.91. The van der Waals surface area contributed by atoms with Crippen LogP contribution in [0.3, 0.4) is 0 Å². The minimum Gasteiger partial charge on any atom is -0.486 e. The fraction of sp³-hybridized carbons (Fsp3) is 0.650. The average Bonchev–Trinajstić information content (AvgIpc) is 3.17. The van der Waals surface area contributed by atoms with Crippen LogP contribution in [0.4, 0.5) is 0 Å². The van der Waals surface area contributed by atoms with E-state index in [9.17, 15) is 13.2 Å². The number of fused-ring (bicyclic) bond motifs is 2. The Hall–Kier alpha value is -1.80. The lowest BCUT2D eigenvalue weighted by molar-refractivity contribution is -0.125. The van der Waals surface area contributed by atoms with Gasteiger partial charge in [0.2, 0.25) is 15.9 Å². The predicted molar refractivity (Wildman–Crippen MR) is 104 cm³/mol. The molecule has 154 valence electrons. The molecule has 1 amide bonds. The number of nitrogens with zero attached hydrogens (tertiary/aromatic N) is 1. The molecule has 0 bridgehead atoms. The lowest BCUT2D eigenvalue weighted by Crippen LogP contribution is -2.47. The lowest BCUT2D eigenvalue weighted by atomic mass is 10.0. The fourth-order valence-electron chi connectivity index (χ4n) is 4.46. The highest BCUT2D eigenvalue weighted by Crippen LogP contribution is 2.37. The molecule has 2 aliphatic heterocycles. The maximum absolute atomic E-state index is 13.6. The highest BCUT2D eigenvalue weighted by molar-refractivity contribution is 7.89. The summed E-state index contributed by atoms with van der Waals surface area (Å²) in [5, 5.41) is 3.01. The van der Waals surface area contributed by atoms with Gasteiger partial charge in [-0.05, 0) is 37.8 Å². The van der Waals surface area contributed by atoms with Crippen molar-refractivity contribution in [2.75, 3.05) is 26.3 Å². The summed E-state index contributed by atoms with van der Waals surface area (Å²) in [5.41, 5.74) is 0. The molecule has 1 aromatic carbocycles. The van der Waals surface area contributed by atoms with Gasteiger partial charge >= 0.3 is 0 Å². The van der Waals surface area contributed by atoms with Gasteiger partial charge in [0.1, 0.15) is 13.2 Å². The molecule has 1 aliphatic carbocycles. The topological polar surface area (TPSA) is 84.9 Å². The second-order valence-corrected chi connectivity index (χ2v) is 9.62. The number of sulfonamides is 1. The fourth-order valence-corrected chi connectivity index (χ4v) is 6.21. The van der Waals surface area contributed by atoms with Crippen LogP contribution in [0.1, 0.15) is 44.9 Å². The number of ether oxygens (including phenoxy) is 2. The van der Waals surface area contributed by atoms with Crippen LogP contribution in [-0.4, -0.2) is 51.0 Å². The minimum atomic E-state index is -3.73. The van der Waals surface area contributed by atoms with E-state index >= 15 is 0 Å². The summed E-state index contributed by atoms with van der Waals surface area (Å²) in [6, 6.07) is 4.51. The normalized spacial score (nSPS) is 26.8. The second-order valence-electron chi connectivity index (χ2n) is 7.73. The Morgan fingerprint density at radius 3 is 2.61 bits per heavy atom. The summed E-state index contributed by atoms with van der Waals surface area (Å²) in [6.07, 6.45) is 6.04. The van der Waals surface area contributed by atoms with E-state index in [2.05, 4.69) is 5.32 Å². The molecule has 3 aliphatic rings. The quantitative estimate of drug-likeness (QED) is 0.812. The Morgan fingerprint density at radius 1 is 0.964 bits per heavy atom. The summed E-state index contributed by atoms with van der Waals surface area (Å²) in [5.74, 6) is 0.753.